The maximum absolute atomic E-state index is 13.2. The molecular formula is C14H17FN2O. The van der Waals surface area contributed by atoms with Crippen molar-refractivity contribution in [1.82, 2.24) is 5.32 Å². The van der Waals surface area contributed by atoms with Crippen LogP contribution in [0.4, 0.5) is 10.1 Å². The minimum absolute atomic E-state index is 0.0753. The van der Waals surface area contributed by atoms with E-state index in [1.54, 1.807) is 11.0 Å². The minimum Gasteiger partial charge on any atom is -0.316 e. The van der Waals surface area contributed by atoms with Gasteiger partial charge < -0.3 is 10.2 Å². The number of nitrogens with one attached hydrogen (secondary N) is 1. The van der Waals surface area contributed by atoms with Crippen molar-refractivity contribution in [2.75, 3.05) is 25.0 Å². The van der Waals surface area contributed by atoms with Crippen LogP contribution in [0.25, 0.3) is 0 Å². The fourth-order valence-electron chi connectivity index (χ4n) is 2.23. The number of rotatable bonds is 4. The summed E-state index contributed by atoms with van der Waals surface area (Å²) in [5.74, 6) is -0.177. The topological polar surface area (TPSA) is 32.3 Å². The number of aryl methyl sites for hydroxylation is 1. The quantitative estimate of drug-likeness (QED) is 0.825. The molecule has 0 aromatic heterocycles. The van der Waals surface area contributed by atoms with Crippen LogP contribution in [0.15, 0.2) is 30.4 Å². The first-order chi connectivity index (χ1) is 8.61. The van der Waals surface area contributed by atoms with E-state index in [1.165, 1.54) is 12.1 Å². The SMILES string of the molecule is C=C(CNC)CN1C(=O)CCc2cc(F)ccc21. The van der Waals surface area contributed by atoms with Crippen LogP contribution in [-0.4, -0.2) is 26.0 Å². The summed E-state index contributed by atoms with van der Waals surface area (Å²) in [4.78, 5) is 13.6. The summed E-state index contributed by atoms with van der Waals surface area (Å²) in [5.41, 5.74) is 2.64. The highest BCUT2D eigenvalue weighted by Gasteiger charge is 2.24. The molecule has 0 fully saturated rings. The van der Waals surface area contributed by atoms with E-state index >= 15 is 0 Å². The number of nitrogens with zero attached hydrogens (tertiary/aromatic N) is 1. The fourth-order valence-corrected chi connectivity index (χ4v) is 2.23. The van der Waals surface area contributed by atoms with Gasteiger partial charge in [0.1, 0.15) is 5.82 Å². The number of anilines is 1. The van der Waals surface area contributed by atoms with E-state index in [9.17, 15) is 9.18 Å². The number of carbonyl (C=O) groups is 1. The van der Waals surface area contributed by atoms with E-state index in [0.29, 0.717) is 25.9 Å². The number of benzene rings is 1. The lowest BCUT2D eigenvalue weighted by atomic mass is 10.0. The lowest BCUT2D eigenvalue weighted by Crippen LogP contribution is -2.37. The van der Waals surface area contributed by atoms with Gasteiger partial charge in [-0.1, -0.05) is 6.58 Å². The smallest absolute Gasteiger partial charge is 0.227 e. The third-order valence-electron chi connectivity index (χ3n) is 3.05. The maximum Gasteiger partial charge on any atom is 0.227 e. The molecule has 1 heterocycles. The molecule has 96 valence electrons. The second-order valence-corrected chi connectivity index (χ2v) is 4.53. The predicted octanol–water partition coefficient (Wildman–Crippen LogP) is 1.88. The lowest BCUT2D eigenvalue weighted by molar-refractivity contribution is -0.118. The van der Waals surface area contributed by atoms with Crippen molar-refractivity contribution in [1.29, 1.82) is 0 Å². The second-order valence-electron chi connectivity index (χ2n) is 4.53. The average Bonchev–Trinajstić information content (AvgIpc) is 2.33. The van der Waals surface area contributed by atoms with Gasteiger partial charge in [-0.2, -0.15) is 0 Å². The molecule has 1 aliphatic heterocycles. The Morgan fingerprint density at radius 2 is 2.28 bits per heavy atom. The zero-order valence-corrected chi connectivity index (χ0v) is 10.5. The van der Waals surface area contributed by atoms with Crippen molar-refractivity contribution in [2.45, 2.75) is 12.8 Å². The summed E-state index contributed by atoms with van der Waals surface area (Å²) in [7, 11) is 1.84. The Bertz CT molecular complexity index is 485. The summed E-state index contributed by atoms with van der Waals surface area (Å²) in [5, 5.41) is 3.01. The molecule has 0 saturated carbocycles. The van der Waals surface area contributed by atoms with Gasteiger partial charge in [0.05, 0.1) is 0 Å². The average molecular weight is 248 g/mol. The van der Waals surface area contributed by atoms with Gasteiger partial charge in [-0.05, 0) is 42.8 Å². The molecule has 0 atom stereocenters. The van der Waals surface area contributed by atoms with Crippen molar-refractivity contribution >= 4 is 11.6 Å². The van der Waals surface area contributed by atoms with Gasteiger partial charge in [0.2, 0.25) is 5.91 Å². The van der Waals surface area contributed by atoms with Crippen LogP contribution in [0.3, 0.4) is 0 Å². The van der Waals surface area contributed by atoms with Crippen molar-refractivity contribution in [3.05, 3.63) is 41.7 Å². The van der Waals surface area contributed by atoms with E-state index in [-0.39, 0.29) is 11.7 Å². The van der Waals surface area contributed by atoms with Crippen LogP contribution in [0.5, 0.6) is 0 Å². The van der Waals surface area contributed by atoms with Crippen molar-refractivity contribution in [3.8, 4) is 0 Å². The zero-order chi connectivity index (χ0) is 13.1. The van der Waals surface area contributed by atoms with E-state index in [0.717, 1.165) is 16.8 Å². The van der Waals surface area contributed by atoms with Crippen LogP contribution in [0, 0.1) is 5.82 Å². The first kappa shape index (κ1) is 12.8. The molecule has 4 heteroatoms. The summed E-state index contributed by atoms with van der Waals surface area (Å²) in [6, 6.07) is 4.58. The molecule has 1 aliphatic rings. The van der Waals surface area contributed by atoms with Gasteiger partial charge in [0, 0.05) is 25.2 Å². The molecule has 18 heavy (non-hydrogen) atoms. The monoisotopic (exact) mass is 248 g/mol. The van der Waals surface area contributed by atoms with E-state index in [1.807, 2.05) is 7.05 Å². The van der Waals surface area contributed by atoms with Gasteiger partial charge in [-0.15, -0.1) is 0 Å². The summed E-state index contributed by atoms with van der Waals surface area (Å²) >= 11 is 0. The van der Waals surface area contributed by atoms with Crippen molar-refractivity contribution < 1.29 is 9.18 Å². The lowest BCUT2D eigenvalue weighted by Gasteiger charge is -2.30. The Kier molecular flexibility index (Phi) is 3.77. The number of fused-ring (bicyclic) bond motifs is 1. The van der Waals surface area contributed by atoms with E-state index < -0.39 is 0 Å². The minimum atomic E-state index is -0.253. The molecule has 0 saturated heterocycles. The normalized spacial score (nSPS) is 14.6. The van der Waals surface area contributed by atoms with Gasteiger partial charge >= 0.3 is 0 Å². The summed E-state index contributed by atoms with van der Waals surface area (Å²) < 4.78 is 13.2. The molecule has 0 aliphatic carbocycles. The van der Waals surface area contributed by atoms with Gasteiger partial charge in [0.15, 0.2) is 0 Å². The maximum atomic E-state index is 13.2. The molecule has 2 rings (SSSR count). The Morgan fingerprint density at radius 3 is 3.00 bits per heavy atom. The molecule has 0 radical (unpaired) electrons. The van der Waals surface area contributed by atoms with E-state index in [2.05, 4.69) is 11.9 Å². The molecule has 3 nitrogen and oxygen atoms in total. The number of halogens is 1. The van der Waals surface area contributed by atoms with Gasteiger partial charge in [-0.25, -0.2) is 4.39 Å². The number of carbonyl (C=O) groups excluding carboxylic acids is 1. The predicted molar refractivity (Wildman–Crippen MR) is 70.1 cm³/mol. The highest BCUT2D eigenvalue weighted by atomic mass is 19.1. The van der Waals surface area contributed by atoms with Crippen LogP contribution < -0.4 is 10.2 Å². The van der Waals surface area contributed by atoms with E-state index in [4.69, 9.17) is 0 Å². The van der Waals surface area contributed by atoms with Crippen LogP contribution in [0.2, 0.25) is 0 Å². The molecule has 1 N–H and O–H groups in total. The number of likely N-dealkylation sites (N-methyl/N-ethyl adjacent to an activating group) is 1. The molecule has 1 aromatic rings. The Hall–Kier alpha value is -1.68. The first-order valence-corrected chi connectivity index (χ1v) is 6.02. The largest absolute Gasteiger partial charge is 0.316 e. The Labute approximate surface area is 106 Å². The van der Waals surface area contributed by atoms with Crippen molar-refractivity contribution in [3.63, 3.8) is 0 Å². The standard InChI is InChI=1S/C14H17FN2O/c1-10(8-16-2)9-17-13-5-4-12(15)7-11(13)3-6-14(17)18/h4-5,7,16H,1,3,6,8-9H2,2H3. The molecule has 0 spiro atoms. The Morgan fingerprint density at radius 1 is 1.50 bits per heavy atom. The number of amides is 1. The molecule has 0 bridgehead atoms. The molecule has 1 aromatic carbocycles. The fraction of sp³-hybridized carbons (Fsp3) is 0.357. The number of hydrogen-bond acceptors (Lipinski definition) is 2. The summed E-state index contributed by atoms with van der Waals surface area (Å²) in [6.45, 7) is 5.08. The third-order valence-corrected chi connectivity index (χ3v) is 3.05. The number of hydrogen-bond donors (Lipinski definition) is 1. The second kappa shape index (κ2) is 5.31. The highest BCUT2D eigenvalue weighted by molar-refractivity contribution is 5.96. The first-order valence-electron chi connectivity index (χ1n) is 6.02. The zero-order valence-electron chi connectivity index (χ0n) is 10.5. The van der Waals surface area contributed by atoms with Gasteiger partial charge in [-0.3, -0.25) is 4.79 Å². The van der Waals surface area contributed by atoms with Crippen molar-refractivity contribution in [2.24, 2.45) is 0 Å². The molecule has 1 amide bonds. The third kappa shape index (κ3) is 2.59. The Balaban J connectivity index is 2.25. The molecule has 0 unspecified atom stereocenters. The highest BCUT2D eigenvalue weighted by Crippen LogP contribution is 2.28. The van der Waals surface area contributed by atoms with Gasteiger partial charge in [0.25, 0.3) is 0 Å². The van der Waals surface area contributed by atoms with Crippen LogP contribution in [-0.2, 0) is 11.2 Å². The summed E-state index contributed by atoms with van der Waals surface area (Å²) in [6.07, 6.45) is 1.05. The van der Waals surface area contributed by atoms with Crippen LogP contribution in [0.1, 0.15) is 12.0 Å². The van der Waals surface area contributed by atoms with Crippen LogP contribution >= 0.6 is 0 Å². The molecular weight excluding hydrogens is 231 g/mol.